The molecule has 7 heteroatoms. The van der Waals surface area contributed by atoms with Crippen LogP contribution in [0.25, 0.3) is 0 Å². The van der Waals surface area contributed by atoms with Gasteiger partial charge in [-0.05, 0) is 24.6 Å². The first-order valence-electron chi connectivity index (χ1n) is 10.9. The lowest BCUT2D eigenvalue weighted by molar-refractivity contribution is -0.149. The van der Waals surface area contributed by atoms with E-state index >= 15 is 0 Å². The highest BCUT2D eigenvalue weighted by Crippen LogP contribution is 2.43. The summed E-state index contributed by atoms with van der Waals surface area (Å²) in [6.45, 7) is 10.4. The molecule has 32 heavy (non-hydrogen) atoms. The van der Waals surface area contributed by atoms with Gasteiger partial charge in [-0.2, -0.15) is 0 Å². The van der Waals surface area contributed by atoms with E-state index < -0.39 is 27.5 Å². The van der Waals surface area contributed by atoms with Crippen molar-refractivity contribution in [1.82, 2.24) is 0 Å². The van der Waals surface area contributed by atoms with Crippen molar-refractivity contribution >= 4 is 37.8 Å². The van der Waals surface area contributed by atoms with Crippen LogP contribution in [0.3, 0.4) is 0 Å². The minimum atomic E-state index is -3.14. The average Bonchev–Trinajstić information content (AvgIpc) is 2.76. The van der Waals surface area contributed by atoms with E-state index in [1.165, 1.54) is 7.11 Å². The first-order valence-corrected chi connectivity index (χ1v) is 15.7. The summed E-state index contributed by atoms with van der Waals surface area (Å²) in [4.78, 5) is 25.4. The summed E-state index contributed by atoms with van der Waals surface area (Å²) < 4.78 is 25.3. The Labute approximate surface area is 193 Å². The molecule has 0 radical (unpaired) electrons. The number of ether oxygens (including phenoxy) is 1. The van der Waals surface area contributed by atoms with Gasteiger partial charge in [0.05, 0.1) is 13.3 Å². The summed E-state index contributed by atoms with van der Waals surface area (Å²) in [5, 5.41) is 1.22. The van der Waals surface area contributed by atoms with Crippen molar-refractivity contribution in [2.45, 2.75) is 57.8 Å². The number of methoxy groups -OCH3 is 1. The van der Waals surface area contributed by atoms with E-state index in [9.17, 15) is 14.2 Å². The van der Waals surface area contributed by atoms with Crippen LogP contribution in [0, 0.1) is 0 Å². The molecule has 0 aliphatic rings. The van der Waals surface area contributed by atoms with E-state index in [2.05, 4.69) is 33.9 Å². The number of hydrogen-bond donors (Lipinski definition) is 0. The van der Waals surface area contributed by atoms with Gasteiger partial charge in [-0.1, -0.05) is 81.4 Å². The fraction of sp³-hybridized carbons (Fsp3) is 0.440. The largest absolute Gasteiger partial charge is 0.467 e. The molecule has 2 rings (SSSR count). The standard InChI is InChI=1S/C25H35O5PSi/c1-25(2,3)32(5,6)30-23(24(27)29-4)18-17-20(26)19-31(28,21-13-9-7-10-14-21)22-15-11-8-12-16-22/h7-16,23H,17-19H2,1-6H3/t23-/m1/s1. The number of esters is 1. The molecule has 0 heterocycles. The van der Waals surface area contributed by atoms with Gasteiger partial charge in [0.1, 0.15) is 19.0 Å². The predicted octanol–water partition coefficient (Wildman–Crippen LogP) is 4.91. The second kappa shape index (κ2) is 10.7. The maximum atomic E-state index is 14.1. The first-order chi connectivity index (χ1) is 14.9. The molecule has 0 fully saturated rings. The van der Waals surface area contributed by atoms with E-state index in [1.54, 1.807) is 24.3 Å². The molecule has 0 aliphatic heterocycles. The van der Waals surface area contributed by atoms with E-state index in [0.717, 1.165) is 0 Å². The van der Waals surface area contributed by atoms with Crippen LogP contribution in [0.1, 0.15) is 33.6 Å². The van der Waals surface area contributed by atoms with Crippen LogP contribution in [0.4, 0.5) is 0 Å². The van der Waals surface area contributed by atoms with Crippen molar-refractivity contribution in [2.75, 3.05) is 13.3 Å². The van der Waals surface area contributed by atoms with Gasteiger partial charge in [-0.15, -0.1) is 0 Å². The number of carbonyl (C=O) groups excluding carboxylic acids is 2. The lowest BCUT2D eigenvalue weighted by Gasteiger charge is -2.38. The fourth-order valence-electron chi connectivity index (χ4n) is 3.18. The average molecular weight is 475 g/mol. The molecule has 0 bridgehead atoms. The molecular weight excluding hydrogens is 439 g/mol. The van der Waals surface area contributed by atoms with Crippen molar-refractivity contribution in [1.29, 1.82) is 0 Å². The number of rotatable bonds is 10. The van der Waals surface area contributed by atoms with E-state index in [-0.39, 0.29) is 29.8 Å². The van der Waals surface area contributed by atoms with Gasteiger partial charge >= 0.3 is 5.97 Å². The van der Waals surface area contributed by atoms with Crippen LogP contribution in [0.5, 0.6) is 0 Å². The zero-order valence-corrected chi connectivity index (χ0v) is 21.9. The first kappa shape index (κ1) is 26.2. The molecular formula is C25H35O5PSi. The highest BCUT2D eigenvalue weighted by Gasteiger charge is 2.41. The number of Topliss-reactive ketones (excluding diaryl/α,β-unsaturated/α-hetero) is 1. The van der Waals surface area contributed by atoms with Crippen molar-refractivity contribution in [3.63, 3.8) is 0 Å². The molecule has 0 saturated heterocycles. The zero-order valence-electron chi connectivity index (χ0n) is 20.0. The molecule has 2 aromatic rings. The third kappa shape index (κ3) is 6.50. The Morgan fingerprint density at radius 1 is 0.938 bits per heavy atom. The quantitative estimate of drug-likeness (QED) is 0.278. The fourth-order valence-corrected chi connectivity index (χ4v) is 7.08. The van der Waals surface area contributed by atoms with E-state index in [0.29, 0.717) is 10.6 Å². The third-order valence-electron chi connectivity index (χ3n) is 6.14. The van der Waals surface area contributed by atoms with Crippen LogP contribution in [-0.2, 0) is 23.3 Å². The van der Waals surface area contributed by atoms with Gasteiger partial charge in [-0.3, -0.25) is 4.79 Å². The molecule has 2 aromatic carbocycles. The Bertz CT molecular complexity index is 908. The number of carbonyl (C=O) groups is 2. The molecule has 1 atom stereocenters. The number of ketones is 1. The summed E-state index contributed by atoms with van der Waals surface area (Å²) in [6.07, 6.45) is -0.591. The summed E-state index contributed by atoms with van der Waals surface area (Å²) in [7, 11) is -4.05. The molecule has 174 valence electrons. The number of benzene rings is 2. The maximum absolute atomic E-state index is 14.1. The monoisotopic (exact) mass is 474 g/mol. The van der Waals surface area contributed by atoms with Gasteiger partial charge in [-0.25, -0.2) is 4.79 Å². The second-order valence-corrected chi connectivity index (χ2v) is 17.1. The minimum absolute atomic E-state index is 0.0837. The molecule has 0 aromatic heterocycles. The molecule has 0 unspecified atom stereocenters. The van der Waals surface area contributed by atoms with Gasteiger partial charge in [0.25, 0.3) is 0 Å². The van der Waals surface area contributed by atoms with Crippen molar-refractivity contribution < 1.29 is 23.3 Å². The lowest BCUT2D eigenvalue weighted by atomic mass is 10.1. The van der Waals surface area contributed by atoms with Gasteiger partial charge < -0.3 is 13.7 Å². The highest BCUT2D eigenvalue weighted by atomic mass is 31.2. The molecule has 0 spiro atoms. The van der Waals surface area contributed by atoms with Gasteiger partial charge in [0.2, 0.25) is 0 Å². The normalized spacial score (nSPS) is 13.4. The summed E-state index contributed by atoms with van der Waals surface area (Å²) in [5.41, 5.74) is 0. The molecule has 0 aliphatic carbocycles. The van der Waals surface area contributed by atoms with E-state index in [1.807, 2.05) is 36.4 Å². The smallest absolute Gasteiger partial charge is 0.333 e. The summed E-state index contributed by atoms with van der Waals surface area (Å²) in [5.74, 6) is -0.634. The van der Waals surface area contributed by atoms with Crippen LogP contribution in [0.15, 0.2) is 60.7 Å². The Hall–Kier alpha value is -2.01. The van der Waals surface area contributed by atoms with Crippen molar-refractivity contribution in [3.05, 3.63) is 60.7 Å². The molecule has 0 amide bonds. The Morgan fingerprint density at radius 2 is 1.41 bits per heavy atom. The third-order valence-corrected chi connectivity index (χ3v) is 13.7. The van der Waals surface area contributed by atoms with Crippen LogP contribution >= 0.6 is 7.14 Å². The van der Waals surface area contributed by atoms with Crippen LogP contribution < -0.4 is 10.6 Å². The maximum Gasteiger partial charge on any atom is 0.333 e. The highest BCUT2D eigenvalue weighted by molar-refractivity contribution is 7.79. The van der Waals surface area contributed by atoms with E-state index in [4.69, 9.17) is 9.16 Å². The molecule has 0 N–H and O–H groups in total. The molecule has 0 saturated carbocycles. The van der Waals surface area contributed by atoms with Crippen LogP contribution in [-0.4, -0.2) is 39.4 Å². The Kier molecular flexibility index (Phi) is 8.80. The summed E-state index contributed by atoms with van der Waals surface area (Å²) >= 11 is 0. The Balaban J connectivity index is 2.20. The SMILES string of the molecule is COC(=O)[C@@H](CCC(=O)CP(=O)(c1ccccc1)c1ccccc1)O[Si](C)(C)C(C)(C)C. The van der Waals surface area contributed by atoms with Gasteiger partial charge in [0.15, 0.2) is 8.32 Å². The summed E-state index contributed by atoms with van der Waals surface area (Å²) in [6, 6.07) is 18.3. The topological polar surface area (TPSA) is 69.7 Å². The molecule has 5 nitrogen and oxygen atoms in total. The lowest BCUT2D eigenvalue weighted by Crippen LogP contribution is -2.46. The Morgan fingerprint density at radius 3 is 1.81 bits per heavy atom. The van der Waals surface area contributed by atoms with Crippen LogP contribution in [0.2, 0.25) is 18.1 Å². The van der Waals surface area contributed by atoms with Crippen molar-refractivity contribution in [2.24, 2.45) is 0 Å². The number of hydrogen-bond acceptors (Lipinski definition) is 5. The second-order valence-electron chi connectivity index (χ2n) is 9.54. The predicted molar refractivity (Wildman–Crippen MR) is 133 cm³/mol. The minimum Gasteiger partial charge on any atom is -0.467 e. The van der Waals surface area contributed by atoms with Gasteiger partial charge in [0, 0.05) is 17.0 Å². The van der Waals surface area contributed by atoms with Crippen molar-refractivity contribution in [3.8, 4) is 0 Å². The zero-order chi connectivity index (χ0) is 24.0.